The lowest BCUT2D eigenvalue weighted by Crippen LogP contribution is -2.27. The molecule has 4 nitrogen and oxygen atoms in total. The summed E-state index contributed by atoms with van der Waals surface area (Å²) in [7, 11) is 0. The van der Waals surface area contributed by atoms with Crippen molar-refractivity contribution in [2.75, 3.05) is 11.9 Å². The summed E-state index contributed by atoms with van der Waals surface area (Å²) in [5.41, 5.74) is 5.11. The molecule has 0 unspecified atom stereocenters. The predicted molar refractivity (Wildman–Crippen MR) is 114 cm³/mol. The summed E-state index contributed by atoms with van der Waals surface area (Å²) < 4.78 is 5.70. The molecule has 5 rings (SSSR count). The Morgan fingerprint density at radius 3 is 2.71 bits per heavy atom. The maximum Gasteiger partial charge on any atom is 0.235 e. The summed E-state index contributed by atoms with van der Waals surface area (Å²) in [4.78, 5) is 16.6. The van der Waals surface area contributed by atoms with Crippen molar-refractivity contribution in [3.8, 4) is 5.75 Å². The van der Waals surface area contributed by atoms with Crippen molar-refractivity contribution < 1.29 is 11.0 Å². The third-order valence-electron chi connectivity index (χ3n) is 6.12. The number of carbonyl (C=O) groups excluding carboxylic acids is 1. The van der Waals surface area contributed by atoms with Gasteiger partial charge in [0, 0.05) is 35.5 Å². The van der Waals surface area contributed by atoms with Gasteiger partial charge >= 0.3 is 0 Å². The van der Waals surface area contributed by atoms with Crippen molar-refractivity contribution in [3.63, 3.8) is 0 Å². The minimum atomic E-state index is -0.412. The van der Waals surface area contributed by atoms with Crippen molar-refractivity contribution in [1.82, 2.24) is 4.98 Å². The monoisotopic (exact) mass is 376 g/mol. The molecule has 146 valence electrons. The number of ether oxygens (including phenoxy) is 1. The number of amides is 1. The molecule has 0 spiro atoms. The molecule has 28 heavy (non-hydrogen) atoms. The molecule has 1 fully saturated rings. The fourth-order valence-corrected chi connectivity index (χ4v) is 4.10. The molecular weight excluding hydrogens is 348 g/mol. The summed E-state index contributed by atoms with van der Waals surface area (Å²) in [6, 6.07) is 14.5. The quantitative estimate of drug-likeness (QED) is 0.650. The van der Waals surface area contributed by atoms with Crippen LogP contribution in [0.5, 0.6) is 5.75 Å². The van der Waals surface area contributed by atoms with Crippen molar-refractivity contribution in [1.29, 1.82) is 0 Å². The maximum atomic E-state index is 13.1. The van der Waals surface area contributed by atoms with E-state index >= 15 is 0 Å². The molecule has 0 radical (unpaired) electrons. The number of aromatic nitrogens is 1. The van der Waals surface area contributed by atoms with Crippen LogP contribution in [0, 0.1) is 0 Å². The van der Waals surface area contributed by atoms with Gasteiger partial charge in [0.25, 0.3) is 0 Å². The van der Waals surface area contributed by atoms with Crippen molar-refractivity contribution in [3.05, 3.63) is 59.3 Å². The number of carbonyl (C=O) groups is 1. The normalized spacial score (nSPS) is 17.2. The van der Waals surface area contributed by atoms with E-state index in [1.807, 2.05) is 12.1 Å². The molecule has 0 bridgehead atoms. The molecule has 1 aliphatic carbocycles. The minimum absolute atomic E-state index is 0. The topological polar surface area (TPSA) is 54.1 Å². The van der Waals surface area contributed by atoms with Crippen LogP contribution in [-0.2, 0) is 22.0 Å². The summed E-state index contributed by atoms with van der Waals surface area (Å²) in [6.45, 7) is 7.32. The molecule has 2 heterocycles. The molecule has 0 atom stereocenters. The highest BCUT2D eigenvalue weighted by molar-refractivity contribution is 6.02. The molecule has 2 N–H and O–H groups in total. The van der Waals surface area contributed by atoms with E-state index in [0.717, 1.165) is 53.8 Å². The van der Waals surface area contributed by atoms with Gasteiger partial charge in [-0.2, -0.15) is 0 Å². The Morgan fingerprint density at radius 2 is 1.96 bits per heavy atom. The Bertz CT molecular complexity index is 1090. The average molecular weight is 377 g/mol. The minimum Gasteiger partial charge on any atom is -0.493 e. The van der Waals surface area contributed by atoms with Gasteiger partial charge in [-0.05, 0) is 54.3 Å². The summed E-state index contributed by atoms with van der Waals surface area (Å²) in [6.07, 6.45) is 2.73. The second-order valence-corrected chi connectivity index (χ2v) is 9.19. The first-order valence-corrected chi connectivity index (χ1v) is 10.1. The molecule has 4 heteroatoms. The number of rotatable bonds is 3. The summed E-state index contributed by atoms with van der Waals surface area (Å²) in [5.74, 6) is 1.02. The van der Waals surface area contributed by atoms with Gasteiger partial charge in [-0.1, -0.05) is 32.9 Å². The average Bonchev–Trinajstić information content (AvgIpc) is 3.13. The number of hydrogen-bond acceptors (Lipinski definition) is 2. The zero-order chi connectivity index (χ0) is 19.5. The van der Waals surface area contributed by atoms with Gasteiger partial charge < -0.3 is 15.0 Å². The zero-order valence-electron chi connectivity index (χ0n) is 16.7. The number of nitrogens with one attached hydrogen (secondary N) is 2. The van der Waals surface area contributed by atoms with E-state index in [-0.39, 0.29) is 12.7 Å². The number of hydrogen-bond donors (Lipinski definition) is 2. The van der Waals surface area contributed by atoms with E-state index in [1.165, 1.54) is 11.3 Å². The lowest BCUT2D eigenvalue weighted by atomic mass is 9.92. The molecule has 0 saturated heterocycles. The van der Waals surface area contributed by atoms with Gasteiger partial charge in [0.1, 0.15) is 5.75 Å². The third kappa shape index (κ3) is 2.79. The van der Waals surface area contributed by atoms with Crippen LogP contribution in [0.2, 0.25) is 0 Å². The number of benzene rings is 2. The van der Waals surface area contributed by atoms with Crippen LogP contribution in [-0.4, -0.2) is 17.5 Å². The van der Waals surface area contributed by atoms with E-state index < -0.39 is 5.41 Å². The van der Waals surface area contributed by atoms with Gasteiger partial charge in [-0.3, -0.25) is 4.79 Å². The second-order valence-electron chi connectivity index (χ2n) is 9.19. The van der Waals surface area contributed by atoms with Crippen molar-refractivity contribution in [2.24, 2.45) is 0 Å². The second kappa shape index (κ2) is 5.87. The first kappa shape index (κ1) is 17.4. The molecule has 2 aromatic carbocycles. The molecule has 1 aliphatic heterocycles. The van der Waals surface area contributed by atoms with Crippen LogP contribution in [0.15, 0.2) is 42.5 Å². The molecule has 1 saturated carbocycles. The highest BCUT2D eigenvalue weighted by atomic mass is 16.5. The standard InChI is InChI=1S/C24H26N2O2.H2/c1-23(2,3)21-13-16-12-18(6-7-19(16)26-21)25-22(27)24(9-10-24)17-5-4-15-8-11-28-20(15)14-17;/h4-7,12-14,26H,8-11H2,1-3H3,(H,25,27);1H. The van der Waals surface area contributed by atoms with Gasteiger partial charge in [0.15, 0.2) is 0 Å². The van der Waals surface area contributed by atoms with Gasteiger partial charge in [-0.25, -0.2) is 0 Å². The van der Waals surface area contributed by atoms with Crippen molar-refractivity contribution in [2.45, 2.75) is 50.9 Å². The Kier molecular flexibility index (Phi) is 3.64. The lowest BCUT2D eigenvalue weighted by Gasteiger charge is -2.17. The number of aromatic amines is 1. The fraction of sp³-hybridized carbons (Fsp3) is 0.375. The maximum absolute atomic E-state index is 13.1. The van der Waals surface area contributed by atoms with E-state index in [0.29, 0.717) is 0 Å². The molecule has 1 amide bonds. The lowest BCUT2D eigenvalue weighted by molar-refractivity contribution is -0.118. The first-order valence-electron chi connectivity index (χ1n) is 10.1. The molecule has 3 aromatic rings. The van der Waals surface area contributed by atoms with Crippen LogP contribution in [0.25, 0.3) is 10.9 Å². The van der Waals surface area contributed by atoms with Crippen LogP contribution >= 0.6 is 0 Å². The third-order valence-corrected chi connectivity index (χ3v) is 6.12. The van der Waals surface area contributed by atoms with Gasteiger partial charge in [0.05, 0.1) is 12.0 Å². The number of anilines is 1. The van der Waals surface area contributed by atoms with Gasteiger partial charge in [-0.15, -0.1) is 0 Å². The van der Waals surface area contributed by atoms with E-state index in [2.05, 4.69) is 61.4 Å². The molecule has 1 aromatic heterocycles. The Hall–Kier alpha value is -2.75. The highest BCUT2D eigenvalue weighted by Crippen LogP contribution is 2.50. The van der Waals surface area contributed by atoms with E-state index in [9.17, 15) is 4.79 Å². The Morgan fingerprint density at radius 1 is 1.14 bits per heavy atom. The smallest absolute Gasteiger partial charge is 0.235 e. The zero-order valence-corrected chi connectivity index (χ0v) is 16.7. The van der Waals surface area contributed by atoms with Crippen LogP contribution in [0.3, 0.4) is 0 Å². The van der Waals surface area contributed by atoms with E-state index in [1.54, 1.807) is 0 Å². The molecular formula is C24H28N2O2. The van der Waals surface area contributed by atoms with Crippen LogP contribution in [0.4, 0.5) is 5.69 Å². The van der Waals surface area contributed by atoms with Crippen LogP contribution in [0.1, 0.15) is 51.9 Å². The number of H-pyrrole nitrogens is 1. The summed E-state index contributed by atoms with van der Waals surface area (Å²) >= 11 is 0. The first-order chi connectivity index (χ1) is 13.3. The SMILES string of the molecule is CC(C)(C)c1cc2cc(NC(=O)C3(c4ccc5c(c4)OCC5)CC3)ccc2[nH]1.[HH]. The number of fused-ring (bicyclic) bond motifs is 2. The largest absolute Gasteiger partial charge is 0.493 e. The fourth-order valence-electron chi connectivity index (χ4n) is 4.10. The Balaban J connectivity index is 0.00000205. The summed E-state index contributed by atoms with van der Waals surface area (Å²) in [5, 5.41) is 4.28. The van der Waals surface area contributed by atoms with Crippen molar-refractivity contribution >= 4 is 22.5 Å². The predicted octanol–water partition coefficient (Wildman–Crippen LogP) is 5.32. The van der Waals surface area contributed by atoms with Crippen LogP contribution < -0.4 is 10.1 Å². The van der Waals surface area contributed by atoms with E-state index in [4.69, 9.17) is 4.74 Å². The highest BCUT2D eigenvalue weighted by Gasteiger charge is 2.51. The molecule has 2 aliphatic rings. The Labute approximate surface area is 166 Å². The van der Waals surface area contributed by atoms with Gasteiger partial charge in [0.2, 0.25) is 5.91 Å².